The molecule has 2 aliphatic heterocycles. The molecular weight excluding hydrogens is 761 g/mol. The van der Waals surface area contributed by atoms with E-state index in [9.17, 15) is 19.2 Å². The minimum Gasteiger partial charge on any atom is -0.453 e. The van der Waals surface area contributed by atoms with Crippen LogP contribution in [0.4, 0.5) is 9.59 Å². The average Bonchev–Trinajstić information content (AvgIpc) is 4.15. The number of hydrogen-bond donors (Lipinski definition) is 4. The first-order chi connectivity index (χ1) is 29.3. The number of benzene rings is 3. The molecule has 0 radical (unpaired) electrons. The van der Waals surface area contributed by atoms with Gasteiger partial charge in [0, 0.05) is 13.1 Å². The van der Waals surface area contributed by atoms with Crippen LogP contribution in [0.5, 0.6) is 0 Å². The summed E-state index contributed by atoms with van der Waals surface area (Å²) in [6, 6.07) is 24.8. The van der Waals surface area contributed by atoms with E-state index in [1.165, 1.54) is 25.4 Å². The fourth-order valence-corrected chi connectivity index (χ4v) is 8.82. The number of aromatic amines is 2. The van der Waals surface area contributed by atoms with Crippen LogP contribution in [0.15, 0.2) is 103 Å². The van der Waals surface area contributed by atoms with E-state index in [-0.39, 0.29) is 23.9 Å². The van der Waals surface area contributed by atoms with Crippen molar-refractivity contribution in [3.63, 3.8) is 0 Å². The van der Waals surface area contributed by atoms with Crippen molar-refractivity contribution >= 4 is 29.6 Å². The van der Waals surface area contributed by atoms with Gasteiger partial charge in [-0.1, -0.05) is 91.0 Å². The number of rotatable bonds is 11. The van der Waals surface area contributed by atoms with E-state index in [4.69, 9.17) is 19.4 Å². The molecule has 5 aromatic rings. The predicted molar refractivity (Wildman–Crippen MR) is 224 cm³/mol. The van der Waals surface area contributed by atoms with Crippen molar-refractivity contribution in [1.82, 2.24) is 40.4 Å². The van der Waals surface area contributed by atoms with Crippen molar-refractivity contribution in [3.05, 3.63) is 137 Å². The molecule has 14 heteroatoms. The van der Waals surface area contributed by atoms with Gasteiger partial charge in [-0.15, -0.1) is 0 Å². The number of nitrogens with zero attached hydrogens (tertiary/aromatic N) is 4. The summed E-state index contributed by atoms with van der Waals surface area (Å²) in [6.45, 7) is 1.14. The lowest BCUT2D eigenvalue weighted by atomic mass is 9.83. The molecule has 4 heterocycles. The lowest BCUT2D eigenvalue weighted by Crippen LogP contribution is -2.42. The van der Waals surface area contributed by atoms with Gasteiger partial charge in [-0.2, -0.15) is 0 Å². The Hall–Kier alpha value is -6.70. The summed E-state index contributed by atoms with van der Waals surface area (Å²) in [5, 5.41) is 5.45. The molecule has 0 saturated carbocycles. The molecular formula is C46H50N8O6. The van der Waals surface area contributed by atoms with Crippen molar-refractivity contribution in [2.24, 2.45) is 0 Å². The zero-order chi connectivity index (χ0) is 41.6. The number of alkyl carbamates (subject to hydrolysis) is 2. The van der Waals surface area contributed by atoms with E-state index < -0.39 is 24.3 Å². The van der Waals surface area contributed by atoms with Crippen molar-refractivity contribution in [1.29, 1.82) is 0 Å². The number of nitrogens with one attached hydrogen (secondary N) is 4. The van der Waals surface area contributed by atoms with Crippen LogP contribution in [0, 0.1) is 0 Å². The molecule has 14 nitrogen and oxygen atoms in total. The maximum atomic E-state index is 13.9. The highest BCUT2D eigenvalue weighted by Gasteiger charge is 2.38. The molecule has 8 rings (SSSR count). The number of methoxy groups -OCH3 is 2. The molecule has 2 fully saturated rings. The zero-order valence-electron chi connectivity index (χ0n) is 33.8. The molecule has 0 bridgehead atoms. The Balaban J connectivity index is 0.900. The number of H-pyrrole nitrogens is 2. The fraction of sp³-hybridized carbons (Fsp3) is 0.348. The Bertz CT molecular complexity index is 2320. The molecule has 4 amide bonds. The largest absolute Gasteiger partial charge is 0.453 e. The number of carbonyl (C=O) groups is 4. The van der Waals surface area contributed by atoms with Crippen LogP contribution in [0.2, 0.25) is 0 Å². The van der Waals surface area contributed by atoms with Gasteiger partial charge < -0.3 is 39.9 Å². The molecule has 1 aliphatic carbocycles. The SMILES string of the molecule is COC(=O)NC(C(=O)N1CCCC1c1ncc(C2=CCC(c3ccc(-c4cnc(C5CCCN5C(=O)C(NC(=O)OC)c5ccccc5)[nH]4)cc3)CC2)[nH]1)c1ccccc1. The maximum absolute atomic E-state index is 13.9. The van der Waals surface area contributed by atoms with Crippen LogP contribution >= 0.6 is 0 Å². The minimum atomic E-state index is -0.873. The highest BCUT2D eigenvalue weighted by molar-refractivity contribution is 5.88. The van der Waals surface area contributed by atoms with Gasteiger partial charge in [0.25, 0.3) is 11.8 Å². The normalized spacial score (nSPS) is 19.9. The summed E-state index contributed by atoms with van der Waals surface area (Å²) in [4.78, 5) is 72.4. The number of aromatic nitrogens is 4. The van der Waals surface area contributed by atoms with Crippen molar-refractivity contribution < 1.29 is 28.7 Å². The van der Waals surface area contributed by atoms with Crippen LogP contribution in [-0.2, 0) is 19.1 Å². The average molecular weight is 811 g/mol. The highest BCUT2D eigenvalue weighted by atomic mass is 16.5. The Morgan fingerprint density at radius 3 is 1.65 bits per heavy atom. The minimum absolute atomic E-state index is 0.193. The van der Waals surface area contributed by atoms with Crippen molar-refractivity contribution in [3.8, 4) is 11.3 Å². The van der Waals surface area contributed by atoms with Crippen LogP contribution in [0.1, 0.15) is 109 Å². The smallest absolute Gasteiger partial charge is 0.407 e. The van der Waals surface area contributed by atoms with Crippen LogP contribution < -0.4 is 10.6 Å². The number of ether oxygens (including phenoxy) is 2. The second-order valence-corrected chi connectivity index (χ2v) is 15.5. The summed E-state index contributed by atoms with van der Waals surface area (Å²) in [5.74, 6) is 1.44. The Morgan fingerprint density at radius 1 is 0.667 bits per heavy atom. The fourth-order valence-electron chi connectivity index (χ4n) is 8.82. The zero-order valence-corrected chi connectivity index (χ0v) is 33.8. The van der Waals surface area contributed by atoms with Gasteiger partial charge in [0.1, 0.15) is 23.7 Å². The number of carbonyl (C=O) groups excluding carboxylic acids is 4. The van der Waals surface area contributed by atoms with Gasteiger partial charge in [0.15, 0.2) is 0 Å². The third-order valence-corrected chi connectivity index (χ3v) is 12.0. The van der Waals surface area contributed by atoms with Gasteiger partial charge in [0.2, 0.25) is 0 Å². The second kappa shape index (κ2) is 18.1. The van der Waals surface area contributed by atoms with Gasteiger partial charge in [-0.3, -0.25) is 9.59 Å². The lowest BCUT2D eigenvalue weighted by Gasteiger charge is -2.28. The molecule has 60 heavy (non-hydrogen) atoms. The third kappa shape index (κ3) is 8.54. The van der Waals surface area contributed by atoms with Gasteiger partial charge in [-0.25, -0.2) is 19.6 Å². The van der Waals surface area contributed by atoms with Crippen LogP contribution in [0.25, 0.3) is 16.8 Å². The maximum Gasteiger partial charge on any atom is 0.407 e. The summed E-state index contributed by atoms with van der Waals surface area (Å²) in [5.41, 5.74) is 6.72. The molecule has 5 atom stereocenters. The first kappa shape index (κ1) is 40.1. The number of amides is 4. The number of allylic oxidation sites excluding steroid dienone is 2. The third-order valence-electron chi connectivity index (χ3n) is 12.0. The Morgan fingerprint density at radius 2 is 1.17 bits per heavy atom. The molecule has 2 aromatic heterocycles. The predicted octanol–water partition coefficient (Wildman–Crippen LogP) is 7.67. The van der Waals surface area contributed by atoms with Gasteiger partial charge in [-0.05, 0) is 78.7 Å². The van der Waals surface area contributed by atoms with E-state index in [2.05, 4.69) is 50.9 Å². The number of likely N-dealkylation sites (tertiary alicyclic amines) is 2. The van der Waals surface area contributed by atoms with Gasteiger partial charge >= 0.3 is 12.2 Å². The number of imidazole rings is 2. The molecule has 310 valence electrons. The first-order valence-corrected chi connectivity index (χ1v) is 20.6. The molecule has 5 unspecified atom stereocenters. The number of hydrogen-bond acceptors (Lipinski definition) is 8. The Kier molecular flexibility index (Phi) is 12.1. The summed E-state index contributed by atoms with van der Waals surface area (Å²) >= 11 is 0. The monoisotopic (exact) mass is 810 g/mol. The highest BCUT2D eigenvalue weighted by Crippen LogP contribution is 2.39. The molecule has 3 aromatic carbocycles. The second-order valence-electron chi connectivity index (χ2n) is 15.5. The Labute approximate surface area is 348 Å². The van der Waals surface area contributed by atoms with E-state index in [0.717, 1.165) is 73.5 Å². The summed E-state index contributed by atoms with van der Waals surface area (Å²) in [7, 11) is 2.57. The van der Waals surface area contributed by atoms with Crippen molar-refractivity contribution in [2.45, 2.75) is 75.0 Å². The van der Waals surface area contributed by atoms with E-state index in [1.807, 2.05) is 78.0 Å². The quantitative estimate of drug-likeness (QED) is 0.105. The molecule has 0 spiro atoms. The van der Waals surface area contributed by atoms with Crippen LogP contribution in [-0.4, -0.2) is 81.0 Å². The van der Waals surface area contributed by atoms with E-state index in [0.29, 0.717) is 30.1 Å². The first-order valence-electron chi connectivity index (χ1n) is 20.6. The summed E-state index contributed by atoms with van der Waals surface area (Å²) in [6.07, 6.45) is 10.6. The topological polar surface area (TPSA) is 175 Å². The lowest BCUT2D eigenvalue weighted by molar-refractivity contribution is -0.135. The van der Waals surface area contributed by atoms with Crippen LogP contribution in [0.3, 0.4) is 0 Å². The van der Waals surface area contributed by atoms with Crippen molar-refractivity contribution in [2.75, 3.05) is 27.3 Å². The molecule has 3 aliphatic rings. The van der Waals surface area contributed by atoms with E-state index in [1.54, 1.807) is 4.90 Å². The van der Waals surface area contributed by atoms with Gasteiger partial charge in [0.05, 0.1) is 50.1 Å². The van der Waals surface area contributed by atoms with E-state index >= 15 is 0 Å². The summed E-state index contributed by atoms with van der Waals surface area (Å²) < 4.78 is 9.67. The molecule has 2 saturated heterocycles. The standard InChI is InChI=1S/C46H50N8O6/c1-59-45(57)51-39(33-11-5-3-6-12-33)43(55)53-25-9-15-37(53)41-47-27-35(49-41)31-21-17-29(18-22-31)30-19-23-32(24-20-30)36-28-48-42(50-36)38-16-10-26-54(38)44(56)40(52-46(58)60-2)34-13-7-4-8-14-34/h3-8,11-14,17-18,21-23,27-28,30,37-40H,9-10,15-16,19-20,24-26H2,1-2H3,(H,47,49)(H,48,50)(H,51,57)(H,52,58). The molecule has 4 N–H and O–H groups in total.